The summed E-state index contributed by atoms with van der Waals surface area (Å²) in [6.07, 6.45) is -0.0139. The first-order valence-electron chi connectivity index (χ1n) is 2.84. The third-order valence-electron chi connectivity index (χ3n) is 0.894. The Balaban J connectivity index is 3.46. The summed E-state index contributed by atoms with van der Waals surface area (Å²) in [6, 6.07) is 0. The number of nitrogens with two attached hydrogens (primary N) is 1. The van der Waals surface area contributed by atoms with Gasteiger partial charge >= 0.3 is 0 Å². The van der Waals surface area contributed by atoms with Crippen LogP contribution in [0, 0.1) is 0 Å². The summed E-state index contributed by atoms with van der Waals surface area (Å²) in [4.78, 5) is 8.82. The fraction of sp³-hybridized carbons (Fsp3) is 1.00. The number of hydrogen-bond donors (Lipinski definition) is 3. The highest BCUT2D eigenvalue weighted by Crippen LogP contribution is 2.35. The minimum Gasteiger partial charge on any atom is -0.343 e. The van der Waals surface area contributed by atoms with Gasteiger partial charge < -0.3 is 15.9 Å². The minimum absolute atomic E-state index is 0.125. The van der Waals surface area contributed by atoms with Crippen LogP contribution in [0.5, 0.6) is 0 Å². The summed E-state index contributed by atoms with van der Waals surface area (Å²) >= 11 is 0. The number of rotatable bonds is 4. The fourth-order valence-corrected chi connectivity index (χ4v) is 1.05. The lowest BCUT2D eigenvalue weighted by atomic mass is 10.8. The van der Waals surface area contributed by atoms with Gasteiger partial charge in [0.2, 0.25) is 7.37 Å². The molecule has 0 saturated heterocycles. The van der Waals surface area contributed by atoms with Crippen LogP contribution in [-0.2, 0) is 4.57 Å². The maximum Gasteiger partial charge on any atom is 0.227 e. The molecule has 0 bridgehead atoms. The van der Waals surface area contributed by atoms with Crippen LogP contribution in [0.25, 0.3) is 0 Å². The lowest BCUT2D eigenvalue weighted by Crippen LogP contribution is -2.17. The van der Waals surface area contributed by atoms with E-state index >= 15 is 0 Å². The quantitative estimate of drug-likeness (QED) is 0.485. The van der Waals surface area contributed by atoms with Crippen molar-refractivity contribution in [3.63, 3.8) is 0 Å². The first-order chi connectivity index (χ1) is 4.12. The highest BCUT2D eigenvalue weighted by atomic mass is 31.2. The molecule has 0 aromatic heterocycles. The van der Waals surface area contributed by atoms with Crippen molar-refractivity contribution in [1.82, 2.24) is 5.32 Å². The van der Waals surface area contributed by atoms with Gasteiger partial charge in [-0.1, -0.05) is 6.92 Å². The average Bonchev–Trinajstić information content (AvgIpc) is 1.84. The molecule has 5 heteroatoms. The fourth-order valence-electron chi connectivity index (χ4n) is 0.351. The van der Waals surface area contributed by atoms with E-state index in [1.807, 2.05) is 6.92 Å². The van der Waals surface area contributed by atoms with Crippen LogP contribution >= 0.6 is 7.37 Å². The molecule has 0 fully saturated rings. The van der Waals surface area contributed by atoms with Crippen LogP contribution in [0.2, 0.25) is 0 Å². The highest BCUT2D eigenvalue weighted by molar-refractivity contribution is 7.57. The third-order valence-corrected chi connectivity index (χ3v) is 2.18. The largest absolute Gasteiger partial charge is 0.343 e. The third kappa shape index (κ3) is 4.60. The summed E-state index contributed by atoms with van der Waals surface area (Å²) in [7, 11) is -3.02. The zero-order valence-corrected chi connectivity index (χ0v) is 6.40. The van der Waals surface area contributed by atoms with Crippen molar-refractivity contribution in [3.05, 3.63) is 0 Å². The van der Waals surface area contributed by atoms with Crippen LogP contribution in [-0.4, -0.2) is 24.0 Å². The van der Waals surface area contributed by atoms with Crippen molar-refractivity contribution in [1.29, 1.82) is 0 Å². The van der Waals surface area contributed by atoms with E-state index in [0.29, 0.717) is 6.54 Å². The number of hydrogen-bond acceptors (Lipinski definition) is 3. The van der Waals surface area contributed by atoms with Crippen molar-refractivity contribution in [2.75, 3.05) is 19.1 Å². The van der Waals surface area contributed by atoms with Crippen molar-refractivity contribution >= 4 is 7.37 Å². The molecule has 0 heterocycles. The van der Waals surface area contributed by atoms with E-state index in [4.69, 9.17) is 10.6 Å². The molecule has 1 unspecified atom stereocenters. The van der Waals surface area contributed by atoms with E-state index in [-0.39, 0.29) is 12.6 Å². The molecule has 0 rings (SSSR count). The minimum atomic E-state index is -3.02. The van der Waals surface area contributed by atoms with E-state index in [0.717, 1.165) is 0 Å². The second-order valence-corrected chi connectivity index (χ2v) is 4.16. The van der Waals surface area contributed by atoms with Gasteiger partial charge in [-0.15, -0.1) is 0 Å². The van der Waals surface area contributed by atoms with E-state index in [1.165, 1.54) is 0 Å². The van der Waals surface area contributed by atoms with Crippen molar-refractivity contribution in [2.24, 2.45) is 5.73 Å². The molecular weight excluding hydrogens is 139 g/mol. The molecule has 9 heavy (non-hydrogen) atoms. The molecule has 0 saturated carbocycles. The number of nitrogens with one attached hydrogen (secondary N) is 1. The maximum absolute atomic E-state index is 10.7. The normalized spacial score (nSPS) is 17.2. The average molecular weight is 152 g/mol. The van der Waals surface area contributed by atoms with Crippen molar-refractivity contribution in [3.8, 4) is 0 Å². The van der Waals surface area contributed by atoms with Gasteiger partial charge in [0.1, 0.15) is 0 Å². The zero-order chi connectivity index (χ0) is 7.33. The Morgan fingerprint density at radius 3 is 2.67 bits per heavy atom. The van der Waals surface area contributed by atoms with E-state index in [2.05, 4.69) is 5.32 Å². The van der Waals surface area contributed by atoms with Crippen LogP contribution < -0.4 is 11.1 Å². The Kier molecular flexibility index (Phi) is 4.06. The molecule has 4 N–H and O–H groups in total. The Morgan fingerprint density at radius 1 is 1.78 bits per heavy atom. The van der Waals surface area contributed by atoms with Gasteiger partial charge in [-0.25, -0.2) is 0 Å². The Morgan fingerprint density at radius 2 is 2.33 bits per heavy atom. The van der Waals surface area contributed by atoms with Gasteiger partial charge in [0, 0.05) is 0 Å². The Labute approximate surface area is 54.9 Å². The summed E-state index contributed by atoms with van der Waals surface area (Å²) in [6.45, 7) is 2.57. The maximum atomic E-state index is 10.7. The van der Waals surface area contributed by atoms with Crippen molar-refractivity contribution in [2.45, 2.75) is 6.92 Å². The molecule has 0 aromatic carbocycles. The highest BCUT2D eigenvalue weighted by Gasteiger charge is 2.12. The first-order valence-corrected chi connectivity index (χ1v) is 4.87. The Bertz CT molecular complexity index is 117. The SMILES string of the molecule is CCNCP(=O)(O)CN. The van der Waals surface area contributed by atoms with Gasteiger partial charge in [0.05, 0.1) is 12.6 Å². The van der Waals surface area contributed by atoms with Crippen LogP contribution in [0.4, 0.5) is 0 Å². The predicted octanol–water partition coefficient (Wildman–Crippen LogP) is -0.260. The molecule has 0 aliphatic carbocycles. The van der Waals surface area contributed by atoms with E-state index in [9.17, 15) is 4.57 Å². The van der Waals surface area contributed by atoms with Crippen molar-refractivity contribution < 1.29 is 9.46 Å². The second-order valence-electron chi connectivity index (χ2n) is 1.79. The molecule has 0 aromatic rings. The summed E-state index contributed by atoms with van der Waals surface area (Å²) < 4.78 is 10.7. The molecule has 0 aliphatic heterocycles. The van der Waals surface area contributed by atoms with Gasteiger partial charge in [0.25, 0.3) is 0 Å². The monoisotopic (exact) mass is 152 g/mol. The molecule has 56 valence electrons. The standard InChI is InChI=1S/C4H13N2O2P/c1-2-6-4-9(7,8)3-5/h6H,2-5H2,1H3,(H,7,8). The van der Waals surface area contributed by atoms with Gasteiger partial charge in [-0.05, 0) is 6.54 Å². The Hall–Kier alpha value is 0.110. The summed E-state index contributed by atoms with van der Waals surface area (Å²) in [5.74, 6) is 0. The summed E-state index contributed by atoms with van der Waals surface area (Å²) in [5.41, 5.74) is 4.99. The zero-order valence-electron chi connectivity index (χ0n) is 5.50. The molecule has 1 atom stereocenters. The van der Waals surface area contributed by atoms with E-state index in [1.54, 1.807) is 0 Å². The van der Waals surface area contributed by atoms with Gasteiger partial charge in [0.15, 0.2) is 0 Å². The second kappa shape index (κ2) is 4.01. The van der Waals surface area contributed by atoms with Crippen LogP contribution in [0.1, 0.15) is 6.92 Å². The lowest BCUT2D eigenvalue weighted by Gasteiger charge is -2.07. The molecule has 0 amide bonds. The van der Waals surface area contributed by atoms with Gasteiger partial charge in [-0.3, -0.25) is 4.57 Å². The molecule has 0 aliphatic rings. The molecule has 4 nitrogen and oxygen atoms in total. The summed E-state index contributed by atoms with van der Waals surface area (Å²) in [5, 5.41) is 2.75. The van der Waals surface area contributed by atoms with Crippen LogP contribution in [0.15, 0.2) is 0 Å². The lowest BCUT2D eigenvalue weighted by molar-refractivity contribution is 0.472. The molecular formula is C4H13N2O2P. The van der Waals surface area contributed by atoms with Crippen LogP contribution in [0.3, 0.4) is 0 Å². The first kappa shape index (κ1) is 9.11. The molecule has 0 spiro atoms. The van der Waals surface area contributed by atoms with E-state index < -0.39 is 7.37 Å². The predicted molar refractivity (Wildman–Crippen MR) is 37.4 cm³/mol. The topological polar surface area (TPSA) is 75.3 Å². The molecule has 0 radical (unpaired) electrons. The smallest absolute Gasteiger partial charge is 0.227 e. The van der Waals surface area contributed by atoms with Gasteiger partial charge in [-0.2, -0.15) is 0 Å².